The second-order valence-electron chi connectivity index (χ2n) is 6.17. The van der Waals surface area contributed by atoms with Crippen molar-refractivity contribution in [1.82, 2.24) is 25.1 Å². The average Bonchev–Trinajstić information content (AvgIpc) is 3.44. The lowest BCUT2D eigenvalue weighted by Crippen LogP contribution is -2.23. The Morgan fingerprint density at radius 2 is 2.11 bits per heavy atom. The quantitative estimate of drug-likeness (QED) is 0.544. The topological polar surface area (TPSA) is 84.8 Å². The molecule has 28 heavy (non-hydrogen) atoms. The summed E-state index contributed by atoms with van der Waals surface area (Å²) in [4.78, 5) is 16.9. The van der Waals surface area contributed by atoms with Gasteiger partial charge in [-0.1, -0.05) is 30.3 Å². The van der Waals surface area contributed by atoms with Gasteiger partial charge in [-0.2, -0.15) is 5.10 Å². The lowest BCUT2D eigenvalue weighted by Gasteiger charge is -2.11. The van der Waals surface area contributed by atoms with Gasteiger partial charge in [0.1, 0.15) is 5.75 Å². The molecule has 1 amide bonds. The first-order valence-electron chi connectivity index (χ1n) is 8.78. The van der Waals surface area contributed by atoms with Gasteiger partial charge in [-0.15, -0.1) is 0 Å². The summed E-state index contributed by atoms with van der Waals surface area (Å²) in [7, 11) is 1.61. The van der Waals surface area contributed by atoms with E-state index in [0.29, 0.717) is 23.6 Å². The summed E-state index contributed by atoms with van der Waals surface area (Å²) in [5.41, 5.74) is 3.93. The van der Waals surface area contributed by atoms with Crippen molar-refractivity contribution in [2.24, 2.45) is 0 Å². The largest absolute Gasteiger partial charge is 0.497 e. The van der Waals surface area contributed by atoms with Gasteiger partial charge in [-0.3, -0.25) is 9.89 Å². The van der Waals surface area contributed by atoms with Gasteiger partial charge in [0.15, 0.2) is 0 Å². The summed E-state index contributed by atoms with van der Waals surface area (Å²) in [5.74, 6) is 0.514. The predicted octanol–water partition coefficient (Wildman–Crippen LogP) is 3.20. The number of aromatic nitrogens is 4. The lowest BCUT2D eigenvalue weighted by molar-refractivity contribution is 0.0951. The highest BCUT2D eigenvalue weighted by molar-refractivity contribution is 5.99. The number of methoxy groups -OCH3 is 1. The molecular weight excluding hydrogens is 354 g/mol. The molecule has 0 aliphatic heterocycles. The van der Waals surface area contributed by atoms with E-state index in [1.54, 1.807) is 19.6 Å². The number of benzene rings is 2. The van der Waals surface area contributed by atoms with Crippen LogP contribution in [0.4, 0.5) is 0 Å². The minimum atomic E-state index is -0.202. The average molecular weight is 373 g/mol. The lowest BCUT2D eigenvalue weighted by atomic mass is 10.1. The molecule has 0 radical (unpaired) electrons. The van der Waals surface area contributed by atoms with Crippen LogP contribution < -0.4 is 10.1 Å². The molecular formula is C21H19N5O2. The summed E-state index contributed by atoms with van der Waals surface area (Å²) < 4.78 is 7.18. The Labute approximate surface area is 162 Å². The molecule has 140 valence electrons. The van der Waals surface area contributed by atoms with Crippen molar-refractivity contribution in [3.8, 4) is 22.7 Å². The number of carbonyl (C=O) groups is 1. The Bertz CT molecular complexity index is 1090. The molecule has 0 unspecified atom stereocenters. The van der Waals surface area contributed by atoms with E-state index in [1.165, 1.54) is 6.20 Å². The van der Waals surface area contributed by atoms with Gasteiger partial charge in [0.2, 0.25) is 0 Å². The Morgan fingerprint density at radius 3 is 2.93 bits per heavy atom. The first-order valence-corrected chi connectivity index (χ1v) is 8.78. The first-order chi connectivity index (χ1) is 13.8. The maximum absolute atomic E-state index is 12.8. The van der Waals surface area contributed by atoms with Crippen molar-refractivity contribution in [1.29, 1.82) is 0 Å². The molecule has 0 fully saturated rings. The zero-order chi connectivity index (χ0) is 19.3. The van der Waals surface area contributed by atoms with Crippen LogP contribution in [0.15, 0.2) is 73.4 Å². The second kappa shape index (κ2) is 7.79. The molecule has 0 saturated heterocycles. The molecule has 7 nitrogen and oxygen atoms in total. The third-order valence-electron chi connectivity index (χ3n) is 4.46. The number of nitrogens with zero attached hydrogens (tertiary/aromatic N) is 3. The molecule has 0 saturated carbocycles. The van der Waals surface area contributed by atoms with Gasteiger partial charge in [-0.05, 0) is 23.8 Å². The van der Waals surface area contributed by atoms with E-state index in [1.807, 2.05) is 59.3 Å². The van der Waals surface area contributed by atoms with Crippen molar-refractivity contribution >= 4 is 5.91 Å². The van der Waals surface area contributed by atoms with Crippen LogP contribution in [0, 0.1) is 0 Å². The van der Waals surface area contributed by atoms with Gasteiger partial charge >= 0.3 is 0 Å². The number of amides is 1. The number of rotatable bonds is 6. The zero-order valence-corrected chi connectivity index (χ0v) is 15.3. The van der Waals surface area contributed by atoms with Crippen LogP contribution >= 0.6 is 0 Å². The fraction of sp³-hybridized carbons (Fsp3) is 0.0952. The molecule has 2 aromatic carbocycles. The molecule has 2 N–H and O–H groups in total. The molecule has 2 heterocycles. The van der Waals surface area contributed by atoms with Crippen molar-refractivity contribution in [2.45, 2.75) is 6.54 Å². The van der Waals surface area contributed by atoms with Crippen LogP contribution in [-0.4, -0.2) is 32.8 Å². The van der Waals surface area contributed by atoms with E-state index in [0.717, 1.165) is 16.8 Å². The van der Waals surface area contributed by atoms with Crippen LogP contribution in [0.5, 0.6) is 5.75 Å². The standard InChI is InChI=1S/C21H19N5O2/c1-28-17-7-4-6-15(11-17)20-18(13-24-25-20)21(27)23-12-16-5-2-3-8-19(16)26-10-9-22-14-26/h2-11,13-14H,12H2,1H3,(H,23,27)(H,24,25). The summed E-state index contributed by atoms with van der Waals surface area (Å²) in [6.45, 7) is 0.385. The Balaban J connectivity index is 1.54. The number of nitrogens with one attached hydrogen (secondary N) is 2. The second-order valence-corrected chi connectivity index (χ2v) is 6.17. The number of H-pyrrole nitrogens is 1. The third kappa shape index (κ3) is 3.50. The normalized spacial score (nSPS) is 10.6. The minimum absolute atomic E-state index is 0.202. The van der Waals surface area contributed by atoms with Gasteiger partial charge in [0.05, 0.1) is 36.6 Å². The first kappa shape index (κ1) is 17.5. The molecule has 2 aromatic heterocycles. The number of para-hydroxylation sites is 1. The molecule has 0 aliphatic rings. The summed E-state index contributed by atoms with van der Waals surface area (Å²) in [6.07, 6.45) is 6.86. The highest BCUT2D eigenvalue weighted by atomic mass is 16.5. The number of ether oxygens (including phenoxy) is 1. The van der Waals surface area contributed by atoms with Crippen molar-refractivity contribution in [3.63, 3.8) is 0 Å². The minimum Gasteiger partial charge on any atom is -0.497 e. The summed E-state index contributed by atoms with van der Waals surface area (Å²) in [6, 6.07) is 15.4. The van der Waals surface area contributed by atoms with Gasteiger partial charge in [-0.25, -0.2) is 4.98 Å². The molecule has 0 spiro atoms. The summed E-state index contributed by atoms with van der Waals surface area (Å²) in [5, 5.41) is 9.94. The van der Waals surface area contributed by atoms with E-state index in [4.69, 9.17) is 4.74 Å². The van der Waals surface area contributed by atoms with Gasteiger partial charge < -0.3 is 14.6 Å². The van der Waals surface area contributed by atoms with Crippen LogP contribution in [0.25, 0.3) is 16.9 Å². The number of imidazole rings is 1. The number of aromatic amines is 1. The van der Waals surface area contributed by atoms with Gasteiger partial charge in [0, 0.05) is 24.5 Å². The van der Waals surface area contributed by atoms with Crippen molar-refractivity contribution in [3.05, 3.63) is 84.6 Å². The predicted molar refractivity (Wildman–Crippen MR) is 105 cm³/mol. The highest BCUT2D eigenvalue weighted by Crippen LogP contribution is 2.25. The SMILES string of the molecule is COc1cccc(-c2[nH]ncc2C(=O)NCc2ccccc2-n2ccnc2)c1. The van der Waals surface area contributed by atoms with Crippen LogP contribution in [0.2, 0.25) is 0 Å². The highest BCUT2D eigenvalue weighted by Gasteiger charge is 2.16. The molecule has 0 aliphatic carbocycles. The Morgan fingerprint density at radius 1 is 1.21 bits per heavy atom. The fourth-order valence-electron chi connectivity index (χ4n) is 3.04. The van der Waals surface area contributed by atoms with E-state index in [9.17, 15) is 4.79 Å². The van der Waals surface area contributed by atoms with E-state index >= 15 is 0 Å². The zero-order valence-electron chi connectivity index (χ0n) is 15.3. The van der Waals surface area contributed by atoms with E-state index < -0.39 is 0 Å². The van der Waals surface area contributed by atoms with Crippen LogP contribution in [0.1, 0.15) is 15.9 Å². The molecule has 7 heteroatoms. The van der Waals surface area contributed by atoms with Crippen LogP contribution in [-0.2, 0) is 6.54 Å². The van der Waals surface area contributed by atoms with Crippen LogP contribution in [0.3, 0.4) is 0 Å². The molecule has 4 rings (SSSR count). The third-order valence-corrected chi connectivity index (χ3v) is 4.46. The van der Waals surface area contributed by atoms with E-state index in [-0.39, 0.29) is 5.91 Å². The molecule has 0 atom stereocenters. The number of hydrogen-bond donors (Lipinski definition) is 2. The molecule has 4 aromatic rings. The van der Waals surface area contributed by atoms with E-state index in [2.05, 4.69) is 20.5 Å². The summed E-state index contributed by atoms with van der Waals surface area (Å²) >= 11 is 0. The maximum Gasteiger partial charge on any atom is 0.255 e. The Hall–Kier alpha value is -3.87. The number of carbonyl (C=O) groups excluding carboxylic acids is 1. The molecule has 0 bridgehead atoms. The maximum atomic E-state index is 12.8. The van der Waals surface area contributed by atoms with Crippen molar-refractivity contribution < 1.29 is 9.53 Å². The monoisotopic (exact) mass is 373 g/mol. The smallest absolute Gasteiger partial charge is 0.255 e. The number of hydrogen-bond acceptors (Lipinski definition) is 4. The Kier molecular flexibility index (Phi) is 4.88. The van der Waals surface area contributed by atoms with Gasteiger partial charge in [0.25, 0.3) is 5.91 Å². The van der Waals surface area contributed by atoms with Crippen molar-refractivity contribution in [2.75, 3.05) is 7.11 Å². The fourth-order valence-corrected chi connectivity index (χ4v) is 3.04.